The van der Waals surface area contributed by atoms with Crippen LogP contribution in [0.2, 0.25) is 0 Å². The van der Waals surface area contributed by atoms with E-state index in [1.54, 1.807) is 6.20 Å². The lowest BCUT2D eigenvalue weighted by molar-refractivity contribution is 0.514. The maximum Gasteiger partial charge on any atom is 0.196 e. The highest BCUT2D eigenvalue weighted by Gasteiger charge is 2.06. The minimum absolute atomic E-state index is 0.535. The van der Waals surface area contributed by atoms with Gasteiger partial charge in [0.1, 0.15) is 0 Å². The largest absolute Gasteiger partial charge is 0.441 e. The van der Waals surface area contributed by atoms with Gasteiger partial charge in [-0.3, -0.25) is 0 Å². The molecule has 0 saturated heterocycles. The van der Waals surface area contributed by atoms with Crippen LogP contribution in [0.15, 0.2) is 28.8 Å². The van der Waals surface area contributed by atoms with E-state index in [9.17, 15) is 0 Å². The predicted octanol–water partition coefficient (Wildman–Crippen LogP) is 3.74. The Hall–Kier alpha value is -1.28. The van der Waals surface area contributed by atoms with Crippen LogP contribution in [0.1, 0.15) is 17.0 Å². The Bertz CT molecular complexity index is 490. The number of benzene rings is 1. The Morgan fingerprint density at radius 1 is 1.25 bits per heavy atom. The Morgan fingerprint density at radius 3 is 2.75 bits per heavy atom. The quantitative estimate of drug-likeness (QED) is 0.758. The third-order valence-electron chi connectivity index (χ3n) is 2.65. The first-order valence-electron chi connectivity index (χ1n) is 5.29. The van der Waals surface area contributed by atoms with Crippen LogP contribution in [-0.4, -0.2) is 10.9 Å². The van der Waals surface area contributed by atoms with E-state index in [4.69, 9.17) is 16.0 Å². The van der Waals surface area contributed by atoms with Crippen molar-refractivity contribution in [3.05, 3.63) is 41.4 Å². The number of oxazole rings is 1. The number of aryl methyl sites for hydroxylation is 3. The van der Waals surface area contributed by atoms with Gasteiger partial charge >= 0.3 is 0 Å². The van der Waals surface area contributed by atoms with E-state index < -0.39 is 0 Å². The molecule has 84 valence electrons. The maximum absolute atomic E-state index is 5.64. The van der Waals surface area contributed by atoms with Crippen molar-refractivity contribution < 1.29 is 4.42 Å². The topological polar surface area (TPSA) is 26.0 Å². The summed E-state index contributed by atoms with van der Waals surface area (Å²) >= 11 is 5.64. The van der Waals surface area contributed by atoms with Crippen molar-refractivity contribution >= 4 is 11.6 Å². The summed E-state index contributed by atoms with van der Waals surface area (Å²) in [6.45, 7) is 4.19. The minimum Gasteiger partial charge on any atom is -0.441 e. The van der Waals surface area contributed by atoms with E-state index >= 15 is 0 Å². The van der Waals surface area contributed by atoms with Gasteiger partial charge in [-0.15, -0.1) is 11.6 Å². The molecule has 16 heavy (non-hydrogen) atoms. The van der Waals surface area contributed by atoms with Gasteiger partial charge in [-0.25, -0.2) is 4.98 Å². The van der Waals surface area contributed by atoms with E-state index in [1.807, 2.05) is 6.07 Å². The molecule has 1 heterocycles. The second kappa shape index (κ2) is 4.71. The predicted molar refractivity (Wildman–Crippen MR) is 65.8 cm³/mol. The van der Waals surface area contributed by atoms with Crippen molar-refractivity contribution in [2.45, 2.75) is 20.3 Å². The standard InChI is InChI=1S/C13H14ClNO/c1-9-3-4-11(7-10(9)2)12-8-15-13(16-12)5-6-14/h3-4,7-8H,5-6H2,1-2H3. The Labute approximate surface area is 100 Å². The molecule has 0 atom stereocenters. The number of rotatable bonds is 3. The molecule has 0 saturated carbocycles. The van der Waals surface area contributed by atoms with Crippen LogP contribution in [0.4, 0.5) is 0 Å². The molecule has 3 heteroatoms. The Morgan fingerprint density at radius 2 is 2.06 bits per heavy atom. The van der Waals surface area contributed by atoms with Crippen LogP contribution in [-0.2, 0) is 6.42 Å². The van der Waals surface area contributed by atoms with Gasteiger partial charge in [0.05, 0.1) is 6.20 Å². The van der Waals surface area contributed by atoms with Gasteiger partial charge in [-0.1, -0.05) is 12.1 Å². The normalized spacial score (nSPS) is 10.7. The fourth-order valence-electron chi connectivity index (χ4n) is 1.53. The summed E-state index contributed by atoms with van der Waals surface area (Å²) in [6.07, 6.45) is 2.43. The molecule has 2 nitrogen and oxygen atoms in total. The van der Waals surface area contributed by atoms with Crippen LogP contribution < -0.4 is 0 Å². The van der Waals surface area contributed by atoms with E-state index in [0.29, 0.717) is 18.2 Å². The zero-order chi connectivity index (χ0) is 11.5. The van der Waals surface area contributed by atoms with Crippen molar-refractivity contribution in [2.24, 2.45) is 0 Å². The van der Waals surface area contributed by atoms with Crippen molar-refractivity contribution in [3.63, 3.8) is 0 Å². The van der Waals surface area contributed by atoms with Crippen molar-refractivity contribution in [1.29, 1.82) is 0 Å². The first-order valence-corrected chi connectivity index (χ1v) is 5.82. The maximum atomic E-state index is 5.64. The van der Waals surface area contributed by atoms with Crippen molar-refractivity contribution in [2.75, 3.05) is 5.88 Å². The molecule has 2 aromatic rings. The second-order valence-corrected chi connectivity index (χ2v) is 4.23. The molecule has 0 aliphatic heterocycles. The molecule has 1 aromatic heterocycles. The lowest BCUT2D eigenvalue weighted by atomic mass is 10.1. The summed E-state index contributed by atoms with van der Waals surface area (Å²) in [7, 11) is 0. The number of aromatic nitrogens is 1. The average Bonchev–Trinajstić information content (AvgIpc) is 2.71. The van der Waals surface area contributed by atoms with Crippen LogP contribution in [0.25, 0.3) is 11.3 Å². The van der Waals surface area contributed by atoms with Crippen LogP contribution >= 0.6 is 11.6 Å². The zero-order valence-electron chi connectivity index (χ0n) is 9.46. The molecule has 0 bridgehead atoms. The summed E-state index contributed by atoms with van der Waals surface area (Å²) in [6, 6.07) is 6.25. The lowest BCUT2D eigenvalue weighted by Gasteiger charge is -2.01. The Balaban J connectivity index is 2.31. The van der Waals surface area contributed by atoms with Gasteiger partial charge < -0.3 is 4.42 Å². The second-order valence-electron chi connectivity index (χ2n) is 3.86. The molecule has 0 aliphatic rings. The van der Waals surface area contributed by atoms with Gasteiger partial charge in [0.15, 0.2) is 11.7 Å². The molecule has 0 amide bonds. The van der Waals surface area contributed by atoms with E-state index in [-0.39, 0.29) is 0 Å². The van der Waals surface area contributed by atoms with E-state index in [2.05, 4.69) is 31.0 Å². The van der Waals surface area contributed by atoms with Crippen molar-refractivity contribution in [3.8, 4) is 11.3 Å². The molecule has 0 unspecified atom stereocenters. The molecular weight excluding hydrogens is 222 g/mol. The summed E-state index contributed by atoms with van der Waals surface area (Å²) in [5, 5.41) is 0. The zero-order valence-corrected chi connectivity index (χ0v) is 10.2. The lowest BCUT2D eigenvalue weighted by Crippen LogP contribution is -1.83. The molecule has 0 radical (unpaired) electrons. The number of hydrogen-bond acceptors (Lipinski definition) is 2. The number of nitrogens with zero attached hydrogens (tertiary/aromatic N) is 1. The number of alkyl halides is 1. The molecule has 2 rings (SSSR count). The molecular formula is C13H14ClNO. The highest BCUT2D eigenvalue weighted by molar-refractivity contribution is 6.17. The summed E-state index contributed by atoms with van der Waals surface area (Å²) in [4.78, 5) is 4.18. The fraction of sp³-hybridized carbons (Fsp3) is 0.308. The van der Waals surface area contributed by atoms with Gasteiger partial charge in [0.2, 0.25) is 0 Å². The van der Waals surface area contributed by atoms with Crippen LogP contribution in [0, 0.1) is 13.8 Å². The smallest absolute Gasteiger partial charge is 0.196 e. The fourth-order valence-corrected chi connectivity index (χ4v) is 1.70. The van der Waals surface area contributed by atoms with Gasteiger partial charge in [-0.05, 0) is 31.0 Å². The SMILES string of the molecule is Cc1ccc(-c2cnc(CCCl)o2)cc1C. The first kappa shape index (κ1) is 11.2. The summed E-state index contributed by atoms with van der Waals surface area (Å²) in [5.74, 6) is 2.04. The van der Waals surface area contributed by atoms with Crippen molar-refractivity contribution in [1.82, 2.24) is 4.98 Å². The van der Waals surface area contributed by atoms with Gasteiger partial charge in [-0.2, -0.15) is 0 Å². The summed E-state index contributed by atoms with van der Waals surface area (Å²) < 4.78 is 5.61. The third kappa shape index (κ3) is 2.27. The van der Waals surface area contributed by atoms with Crippen LogP contribution in [0.5, 0.6) is 0 Å². The van der Waals surface area contributed by atoms with E-state index in [0.717, 1.165) is 11.3 Å². The summed E-state index contributed by atoms with van der Waals surface area (Å²) in [5.41, 5.74) is 3.61. The highest BCUT2D eigenvalue weighted by Crippen LogP contribution is 2.23. The first-order chi connectivity index (χ1) is 7.70. The molecule has 0 spiro atoms. The monoisotopic (exact) mass is 235 g/mol. The van der Waals surface area contributed by atoms with Gasteiger partial charge in [0, 0.05) is 17.9 Å². The third-order valence-corrected chi connectivity index (χ3v) is 2.84. The highest BCUT2D eigenvalue weighted by atomic mass is 35.5. The minimum atomic E-state index is 0.535. The van der Waals surface area contributed by atoms with Crippen LogP contribution in [0.3, 0.4) is 0 Å². The average molecular weight is 236 g/mol. The molecule has 0 N–H and O–H groups in total. The van der Waals surface area contributed by atoms with E-state index in [1.165, 1.54) is 11.1 Å². The number of hydrogen-bond donors (Lipinski definition) is 0. The molecule has 0 fully saturated rings. The molecule has 0 aliphatic carbocycles. The Kier molecular flexibility index (Phi) is 3.30. The number of halogens is 1. The van der Waals surface area contributed by atoms with Gasteiger partial charge in [0.25, 0.3) is 0 Å². The molecule has 1 aromatic carbocycles.